The zero-order valence-electron chi connectivity index (χ0n) is 12.5. The fourth-order valence-corrected chi connectivity index (χ4v) is 3.83. The monoisotopic (exact) mass is 345 g/mol. The predicted octanol–water partition coefficient (Wildman–Crippen LogP) is 4.15. The van der Waals surface area contributed by atoms with Crippen LogP contribution in [0.5, 0.6) is 0 Å². The Morgan fingerprint density at radius 3 is 3.13 bits per heavy atom. The van der Waals surface area contributed by atoms with E-state index in [0.717, 1.165) is 26.9 Å². The Morgan fingerprint density at radius 1 is 1.35 bits per heavy atom. The third kappa shape index (κ3) is 4.24. The second kappa shape index (κ2) is 7.48. The van der Waals surface area contributed by atoms with Crippen LogP contribution in [0.3, 0.4) is 0 Å². The lowest BCUT2D eigenvalue weighted by Crippen LogP contribution is -2.00. The number of carbonyl (C=O) groups is 1. The van der Waals surface area contributed by atoms with E-state index in [4.69, 9.17) is 9.47 Å². The van der Waals surface area contributed by atoms with E-state index in [1.807, 2.05) is 35.8 Å². The average molecular weight is 345 g/mol. The molecule has 0 fully saturated rings. The maximum Gasteiger partial charge on any atom is 0.308 e. The summed E-state index contributed by atoms with van der Waals surface area (Å²) >= 11 is 3.26. The maximum absolute atomic E-state index is 11.2. The topological polar surface area (TPSA) is 48.4 Å². The molecule has 2 aliphatic rings. The first kappa shape index (κ1) is 15.8. The highest BCUT2D eigenvalue weighted by Gasteiger charge is 2.17. The van der Waals surface area contributed by atoms with Gasteiger partial charge in [-0.15, -0.1) is 11.3 Å². The molecule has 0 unspecified atom stereocenters. The van der Waals surface area contributed by atoms with Crippen LogP contribution >= 0.6 is 23.1 Å². The molecule has 0 amide bonds. The number of hydrogen-bond acceptors (Lipinski definition) is 6. The van der Waals surface area contributed by atoms with Gasteiger partial charge in [0.2, 0.25) is 0 Å². The number of thioether (sulfide) groups is 1. The lowest BCUT2D eigenvalue weighted by Gasteiger charge is -2.08. The van der Waals surface area contributed by atoms with Crippen molar-refractivity contribution < 1.29 is 14.3 Å². The molecular weight excluding hydrogens is 330 g/mol. The van der Waals surface area contributed by atoms with Crippen LogP contribution in [-0.4, -0.2) is 16.7 Å². The van der Waals surface area contributed by atoms with E-state index >= 15 is 0 Å². The number of hydrogen-bond donors (Lipinski definition) is 0. The van der Waals surface area contributed by atoms with E-state index in [-0.39, 0.29) is 5.97 Å². The minimum Gasteiger partial charge on any atom is -0.495 e. The Bertz CT molecular complexity index is 754. The first-order valence-electron chi connectivity index (χ1n) is 7.06. The number of thiazole rings is 1. The molecule has 1 aromatic heterocycles. The van der Waals surface area contributed by atoms with Gasteiger partial charge in [-0.25, -0.2) is 4.98 Å². The molecule has 118 valence electrons. The predicted molar refractivity (Wildman–Crippen MR) is 91.9 cm³/mol. The van der Waals surface area contributed by atoms with Crippen LogP contribution in [0.2, 0.25) is 0 Å². The molecular formula is C17H15NO3S2. The molecule has 2 bridgehead atoms. The molecule has 0 radical (unpaired) electrons. The Morgan fingerprint density at radius 2 is 2.26 bits per heavy atom. The molecule has 6 heteroatoms. The van der Waals surface area contributed by atoms with Crippen LogP contribution in [-0.2, 0) is 20.9 Å². The summed E-state index contributed by atoms with van der Waals surface area (Å²) in [6, 6.07) is 0. The Hall–Kier alpha value is -2.05. The van der Waals surface area contributed by atoms with E-state index in [9.17, 15) is 4.79 Å². The quantitative estimate of drug-likeness (QED) is 0.716. The van der Waals surface area contributed by atoms with Gasteiger partial charge in [0.05, 0.1) is 12.0 Å². The highest BCUT2D eigenvalue weighted by atomic mass is 32.2. The summed E-state index contributed by atoms with van der Waals surface area (Å²) in [5, 5.41) is 2.00. The minimum atomic E-state index is -0.319. The number of carbonyl (C=O) groups excluding carboxylic acids is 1. The smallest absolute Gasteiger partial charge is 0.308 e. The van der Waals surface area contributed by atoms with Gasteiger partial charge in [0.15, 0.2) is 4.34 Å². The number of fused-ring (bicyclic) bond motifs is 3. The number of ether oxygens (including phenoxy) is 2. The highest BCUT2D eigenvalue weighted by molar-refractivity contribution is 8.01. The molecule has 0 saturated heterocycles. The van der Waals surface area contributed by atoms with Crippen LogP contribution in [0.4, 0.5) is 0 Å². The van der Waals surface area contributed by atoms with Crippen molar-refractivity contribution in [2.75, 3.05) is 5.75 Å². The van der Waals surface area contributed by atoms with Crippen molar-refractivity contribution in [3.8, 4) is 0 Å². The normalized spacial score (nSPS) is 17.3. The molecule has 0 aromatic carbocycles. The second-order valence-electron chi connectivity index (χ2n) is 4.78. The summed E-state index contributed by atoms with van der Waals surface area (Å²) in [6.07, 6.45) is 13.2. The van der Waals surface area contributed by atoms with Crippen molar-refractivity contribution in [2.45, 2.75) is 17.9 Å². The summed E-state index contributed by atoms with van der Waals surface area (Å²) in [5.74, 6) is 1.02. The molecule has 1 aliphatic carbocycles. The molecule has 0 saturated carbocycles. The van der Waals surface area contributed by atoms with Gasteiger partial charge in [0, 0.05) is 23.6 Å². The Labute approximate surface area is 142 Å². The van der Waals surface area contributed by atoms with E-state index in [1.165, 1.54) is 6.92 Å². The summed E-state index contributed by atoms with van der Waals surface area (Å²) in [5.41, 5.74) is 2.85. The van der Waals surface area contributed by atoms with E-state index in [0.29, 0.717) is 12.4 Å². The van der Waals surface area contributed by atoms with Gasteiger partial charge in [-0.3, -0.25) is 4.79 Å². The number of esters is 1. The molecule has 0 N–H and O–H groups in total. The number of nitrogens with zero attached hydrogens (tertiary/aromatic N) is 1. The van der Waals surface area contributed by atoms with Crippen LogP contribution < -0.4 is 0 Å². The van der Waals surface area contributed by atoms with Gasteiger partial charge < -0.3 is 9.47 Å². The van der Waals surface area contributed by atoms with Crippen molar-refractivity contribution in [1.29, 1.82) is 0 Å². The van der Waals surface area contributed by atoms with Gasteiger partial charge in [-0.2, -0.15) is 0 Å². The molecule has 23 heavy (non-hydrogen) atoms. The third-order valence-corrected chi connectivity index (χ3v) is 5.06. The summed E-state index contributed by atoms with van der Waals surface area (Å²) in [7, 11) is 0. The summed E-state index contributed by atoms with van der Waals surface area (Å²) in [6.45, 7) is 1.88. The molecule has 1 aromatic rings. The van der Waals surface area contributed by atoms with Crippen molar-refractivity contribution in [3.63, 3.8) is 0 Å². The first-order chi connectivity index (χ1) is 11.2. The van der Waals surface area contributed by atoms with Crippen molar-refractivity contribution in [1.82, 2.24) is 4.98 Å². The fourth-order valence-electron chi connectivity index (χ4n) is 2.11. The van der Waals surface area contributed by atoms with E-state index < -0.39 is 0 Å². The molecule has 2 heterocycles. The maximum atomic E-state index is 11.2. The Balaban J connectivity index is 1.84. The minimum absolute atomic E-state index is 0.319. The SMILES string of the molecule is CC(=O)OC1=CC=C2C=CC=COCc3csc(n3)SCC=C21. The van der Waals surface area contributed by atoms with Crippen molar-refractivity contribution >= 4 is 29.1 Å². The molecule has 3 rings (SSSR count). The summed E-state index contributed by atoms with van der Waals surface area (Å²) in [4.78, 5) is 15.8. The zero-order chi connectivity index (χ0) is 16.1. The van der Waals surface area contributed by atoms with Gasteiger partial charge in [0.1, 0.15) is 12.4 Å². The highest BCUT2D eigenvalue weighted by Crippen LogP contribution is 2.30. The lowest BCUT2D eigenvalue weighted by molar-refractivity contribution is -0.136. The standard InChI is InChI=1S/C17H15NO3S2/c1-12(19)21-16-6-5-13-4-2-3-8-20-10-14-11-23-17(18-14)22-9-7-15(13)16/h2-8,11H,9-10H2,1H3. The first-order valence-corrected chi connectivity index (χ1v) is 8.92. The van der Waals surface area contributed by atoms with E-state index in [1.54, 1.807) is 29.4 Å². The fraction of sp³-hybridized carbons (Fsp3) is 0.176. The molecule has 1 aliphatic heterocycles. The van der Waals surface area contributed by atoms with Crippen molar-refractivity contribution in [3.05, 3.63) is 70.7 Å². The van der Waals surface area contributed by atoms with Crippen LogP contribution in [0.25, 0.3) is 0 Å². The van der Waals surface area contributed by atoms with Gasteiger partial charge in [-0.05, 0) is 17.7 Å². The lowest BCUT2D eigenvalue weighted by atomic mass is 10.1. The number of aromatic nitrogens is 1. The van der Waals surface area contributed by atoms with Crippen molar-refractivity contribution in [2.24, 2.45) is 0 Å². The van der Waals surface area contributed by atoms with Gasteiger partial charge in [-0.1, -0.05) is 36.1 Å². The average Bonchev–Trinajstić information content (AvgIpc) is 3.10. The van der Waals surface area contributed by atoms with Gasteiger partial charge in [0.25, 0.3) is 0 Å². The number of rotatable bonds is 1. The second-order valence-corrected chi connectivity index (χ2v) is 6.90. The number of allylic oxidation sites excluding steroid dienone is 6. The largest absolute Gasteiger partial charge is 0.495 e. The Kier molecular flexibility index (Phi) is 5.15. The summed E-state index contributed by atoms with van der Waals surface area (Å²) < 4.78 is 11.7. The van der Waals surface area contributed by atoms with Gasteiger partial charge >= 0.3 is 5.97 Å². The molecule has 0 spiro atoms. The zero-order valence-corrected chi connectivity index (χ0v) is 14.2. The third-order valence-electron chi connectivity index (χ3n) is 3.06. The van der Waals surface area contributed by atoms with Crippen LogP contribution in [0, 0.1) is 0 Å². The van der Waals surface area contributed by atoms with E-state index in [2.05, 4.69) is 11.1 Å². The molecule has 4 nitrogen and oxygen atoms in total. The van der Waals surface area contributed by atoms with Crippen LogP contribution in [0.1, 0.15) is 12.6 Å². The van der Waals surface area contributed by atoms with Crippen LogP contribution in [0.15, 0.2) is 69.3 Å². The molecule has 0 atom stereocenters.